The first-order chi connectivity index (χ1) is 9.36. The minimum Gasteiger partial charge on any atom is -0.392 e. The molecule has 0 aromatic rings. The fourth-order valence-corrected chi connectivity index (χ4v) is 3.21. The summed E-state index contributed by atoms with van der Waals surface area (Å²) in [5.41, 5.74) is 5.07. The van der Waals surface area contributed by atoms with Gasteiger partial charge in [-0.25, -0.2) is 0 Å². The molecule has 1 aliphatic rings. The number of halogens is 3. The average molecular weight is 348 g/mol. The molecule has 124 valence electrons. The average Bonchev–Trinajstić information content (AvgIpc) is 2.36. The minimum atomic E-state index is -4.58. The largest absolute Gasteiger partial charge is 0.402 e. The zero-order valence-electron chi connectivity index (χ0n) is 11.8. The van der Waals surface area contributed by atoms with E-state index in [1.807, 2.05) is 18.7 Å². The molecule has 0 aliphatic carbocycles. The Morgan fingerprint density at radius 2 is 1.71 bits per heavy atom. The molecule has 0 aromatic heterocycles. The number of nitrogens with zero attached hydrogens (tertiary/aromatic N) is 2. The lowest BCUT2D eigenvalue weighted by atomic mass is 10.0. The highest BCUT2D eigenvalue weighted by Gasteiger charge is 2.37. The van der Waals surface area contributed by atoms with E-state index in [-0.39, 0.29) is 18.1 Å². The summed E-state index contributed by atoms with van der Waals surface area (Å²) < 4.78 is 62.3. The van der Waals surface area contributed by atoms with Crippen molar-refractivity contribution in [3.05, 3.63) is 0 Å². The monoisotopic (exact) mass is 348 g/mol. The Morgan fingerprint density at radius 3 is 2.10 bits per heavy atom. The Kier molecular flexibility index (Phi) is 5.59. The molecule has 0 amide bonds. The Labute approximate surface area is 127 Å². The summed E-state index contributed by atoms with van der Waals surface area (Å²) in [4.78, 5) is 2.19. The van der Waals surface area contributed by atoms with E-state index >= 15 is 0 Å². The molecular weight excluding hydrogens is 329 g/mol. The second kappa shape index (κ2) is 6.32. The fraction of sp³-hybridized carbons (Fsp3) is 0.900. The third kappa shape index (κ3) is 5.02. The number of hydrogen-bond acceptors (Lipinski definition) is 4. The zero-order valence-corrected chi connectivity index (χ0v) is 13.4. The van der Waals surface area contributed by atoms with E-state index in [9.17, 15) is 21.6 Å². The maximum Gasteiger partial charge on any atom is 0.402 e. The third-order valence-electron chi connectivity index (χ3n) is 3.43. The number of alkyl halides is 3. The number of hydrogen-bond donors (Lipinski definition) is 2. The molecule has 11 heteroatoms. The van der Waals surface area contributed by atoms with Gasteiger partial charge in [-0.05, 0) is 13.8 Å². The molecule has 6 nitrogen and oxygen atoms in total. The zero-order chi connectivity index (χ0) is 16.5. The van der Waals surface area contributed by atoms with Gasteiger partial charge in [0.25, 0.3) is 10.2 Å². The van der Waals surface area contributed by atoms with Gasteiger partial charge in [0.05, 0.1) is 10.5 Å². The van der Waals surface area contributed by atoms with Crippen LogP contribution in [0.5, 0.6) is 0 Å². The van der Waals surface area contributed by atoms with E-state index in [1.54, 1.807) is 4.72 Å². The summed E-state index contributed by atoms with van der Waals surface area (Å²) in [6.07, 6.45) is -4.58. The summed E-state index contributed by atoms with van der Waals surface area (Å²) >= 11 is 4.96. The van der Waals surface area contributed by atoms with Crippen LogP contribution in [0.1, 0.15) is 13.8 Å². The molecule has 0 saturated carbocycles. The van der Waals surface area contributed by atoms with Crippen LogP contribution in [0.15, 0.2) is 0 Å². The topological polar surface area (TPSA) is 78.7 Å². The first-order valence-electron chi connectivity index (χ1n) is 6.23. The summed E-state index contributed by atoms with van der Waals surface area (Å²) in [7, 11) is -4.13. The molecule has 0 unspecified atom stereocenters. The van der Waals surface area contributed by atoms with Crippen molar-refractivity contribution in [1.82, 2.24) is 13.9 Å². The van der Waals surface area contributed by atoms with Gasteiger partial charge < -0.3 is 5.73 Å². The molecule has 3 N–H and O–H groups in total. The first kappa shape index (κ1) is 18.6. The molecular formula is C10H19F3N4O2S2. The highest BCUT2D eigenvalue weighted by molar-refractivity contribution is 7.87. The summed E-state index contributed by atoms with van der Waals surface area (Å²) in [5.74, 6) is 0. The highest BCUT2D eigenvalue weighted by atomic mass is 32.2. The Bertz CT molecular complexity index is 485. The van der Waals surface area contributed by atoms with Crippen molar-refractivity contribution in [3.63, 3.8) is 0 Å². The summed E-state index contributed by atoms with van der Waals surface area (Å²) in [5, 5.41) is 0. The normalized spacial score (nSPS) is 19.7. The molecule has 0 aromatic carbocycles. The second-order valence-electron chi connectivity index (χ2n) is 5.25. The van der Waals surface area contributed by atoms with Crippen molar-refractivity contribution in [1.29, 1.82) is 0 Å². The van der Waals surface area contributed by atoms with Gasteiger partial charge >= 0.3 is 6.18 Å². The van der Waals surface area contributed by atoms with Gasteiger partial charge in [-0.1, -0.05) is 12.2 Å². The quantitative estimate of drug-likeness (QED) is 0.687. The van der Waals surface area contributed by atoms with Gasteiger partial charge in [-0.2, -0.15) is 30.6 Å². The van der Waals surface area contributed by atoms with Gasteiger partial charge in [0.2, 0.25) is 0 Å². The van der Waals surface area contributed by atoms with Crippen LogP contribution in [0.2, 0.25) is 0 Å². The van der Waals surface area contributed by atoms with Crippen LogP contribution in [0.25, 0.3) is 0 Å². The molecule has 0 atom stereocenters. The molecule has 1 rings (SSSR count). The van der Waals surface area contributed by atoms with E-state index < -0.39 is 28.5 Å². The van der Waals surface area contributed by atoms with Crippen LogP contribution in [0.4, 0.5) is 13.2 Å². The number of piperazine rings is 1. The first-order valence-corrected chi connectivity index (χ1v) is 8.07. The highest BCUT2D eigenvalue weighted by Crippen LogP contribution is 2.19. The lowest BCUT2D eigenvalue weighted by molar-refractivity contribution is -0.121. The maximum absolute atomic E-state index is 12.1. The van der Waals surface area contributed by atoms with Gasteiger partial charge in [-0.3, -0.25) is 4.90 Å². The van der Waals surface area contributed by atoms with E-state index in [0.29, 0.717) is 13.1 Å². The predicted octanol–water partition coefficient (Wildman–Crippen LogP) is 0.0654. The second-order valence-corrected chi connectivity index (χ2v) is 7.45. The summed E-state index contributed by atoms with van der Waals surface area (Å²) in [6, 6.07) is 0. The van der Waals surface area contributed by atoms with Crippen molar-refractivity contribution in [3.8, 4) is 0 Å². The molecule has 1 heterocycles. The third-order valence-corrected chi connectivity index (χ3v) is 5.48. The van der Waals surface area contributed by atoms with E-state index in [1.165, 1.54) is 0 Å². The smallest absolute Gasteiger partial charge is 0.392 e. The van der Waals surface area contributed by atoms with Crippen molar-refractivity contribution in [2.24, 2.45) is 5.73 Å². The molecule has 0 bridgehead atoms. The lowest BCUT2D eigenvalue weighted by Gasteiger charge is -2.42. The molecule has 1 fully saturated rings. The van der Waals surface area contributed by atoms with Crippen LogP contribution in [0, 0.1) is 0 Å². The number of nitrogens with one attached hydrogen (secondary N) is 1. The molecule has 0 spiro atoms. The van der Waals surface area contributed by atoms with Gasteiger partial charge in [0, 0.05) is 26.2 Å². The summed E-state index contributed by atoms with van der Waals surface area (Å²) in [6.45, 7) is 2.92. The van der Waals surface area contributed by atoms with Crippen LogP contribution in [-0.2, 0) is 10.2 Å². The molecule has 21 heavy (non-hydrogen) atoms. The minimum absolute atomic E-state index is 0.0826. The van der Waals surface area contributed by atoms with Crippen molar-refractivity contribution in [2.75, 3.05) is 32.7 Å². The number of rotatable bonds is 5. The Morgan fingerprint density at radius 1 is 1.24 bits per heavy atom. The van der Waals surface area contributed by atoms with E-state index in [4.69, 9.17) is 18.0 Å². The van der Waals surface area contributed by atoms with Crippen molar-refractivity contribution in [2.45, 2.75) is 25.6 Å². The van der Waals surface area contributed by atoms with Crippen molar-refractivity contribution >= 4 is 27.4 Å². The molecule has 0 radical (unpaired) electrons. The molecule has 1 aliphatic heterocycles. The van der Waals surface area contributed by atoms with Gasteiger partial charge in [0.15, 0.2) is 0 Å². The Balaban J connectivity index is 2.62. The van der Waals surface area contributed by atoms with E-state index in [2.05, 4.69) is 0 Å². The SMILES string of the molecule is CC(C)(C(N)=S)N1CCN(S(=O)(=O)NCC(F)(F)F)CC1. The van der Waals surface area contributed by atoms with E-state index in [0.717, 1.165) is 4.31 Å². The van der Waals surface area contributed by atoms with Crippen LogP contribution in [0.3, 0.4) is 0 Å². The maximum atomic E-state index is 12.1. The lowest BCUT2D eigenvalue weighted by Crippen LogP contribution is -2.61. The van der Waals surface area contributed by atoms with Crippen LogP contribution < -0.4 is 10.5 Å². The predicted molar refractivity (Wildman–Crippen MR) is 77.0 cm³/mol. The van der Waals surface area contributed by atoms with Gasteiger partial charge in [-0.15, -0.1) is 0 Å². The van der Waals surface area contributed by atoms with Gasteiger partial charge in [0.1, 0.15) is 6.54 Å². The molecule has 1 saturated heterocycles. The number of thiocarbonyl (C=S) groups is 1. The van der Waals surface area contributed by atoms with Crippen LogP contribution in [-0.4, -0.2) is 67.1 Å². The van der Waals surface area contributed by atoms with Crippen molar-refractivity contribution < 1.29 is 21.6 Å². The fourth-order valence-electron chi connectivity index (χ4n) is 1.91. The number of nitrogens with two attached hydrogens (primary N) is 1. The van der Waals surface area contributed by atoms with Crippen LogP contribution >= 0.6 is 12.2 Å². The standard InChI is InChI=1S/C10H19F3N4O2S2/c1-9(2,8(14)20)16-3-5-17(6-4-16)21(18,19)15-7-10(11,12)13/h15H,3-7H2,1-2H3,(H2,14,20). The Hall–Kier alpha value is -0.490.